The van der Waals surface area contributed by atoms with Crippen LogP contribution >= 0.6 is 34.7 Å². The minimum atomic E-state index is -0.406. The normalized spacial score (nSPS) is 10.8. The lowest BCUT2D eigenvalue weighted by atomic mass is 10.3. The Morgan fingerprint density at radius 3 is 3.00 bits per heavy atom. The van der Waals surface area contributed by atoms with Crippen molar-refractivity contribution in [1.29, 1.82) is 0 Å². The second kappa shape index (κ2) is 7.99. The predicted octanol–water partition coefficient (Wildman–Crippen LogP) is 4.50. The molecule has 0 aliphatic rings. The van der Waals surface area contributed by atoms with Crippen molar-refractivity contribution >= 4 is 56.0 Å². The van der Waals surface area contributed by atoms with E-state index in [0.29, 0.717) is 10.3 Å². The number of aromatic nitrogens is 3. The number of thioether (sulfide) groups is 1. The highest BCUT2D eigenvalue weighted by Crippen LogP contribution is 2.29. The summed E-state index contributed by atoms with van der Waals surface area (Å²) in [6.07, 6.45) is 2.44. The van der Waals surface area contributed by atoms with Crippen LogP contribution < -0.4 is 10.1 Å². The van der Waals surface area contributed by atoms with Crippen LogP contribution in [0.25, 0.3) is 10.2 Å². The van der Waals surface area contributed by atoms with Crippen molar-refractivity contribution in [3.05, 3.63) is 35.1 Å². The maximum absolute atomic E-state index is 12.5. The Bertz CT molecular complexity index is 916. The molecule has 0 atom stereocenters. The first-order valence-corrected chi connectivity index (χ1v) is 9.70. The van der Waals surface area contributed by atoms with Gasteiger partial charge in [0, 0.05) is 5.75 Å². The number of hydrogen-bond acceptors (Lipinski definition) is 7. The number of anilines is 1. The van der Waals surface area contributed by atoms with Crippen molar-refractivity contribution in [2.24, 2.45) is 0 Å². The van der Waals surface area contributed by atoms with Gasteiger partial charge < -0.3 is 4.74 Å². The molecule has 0 spiro atoms. The second-order valence-electron chi connectivity index (χ2n) is 5.00. The molecule has 2 heterocycles. The molecule has 0 radical (unpaired) electrons. The lowest BCUT2D eigenvalue weighted by Crippen LogP contribution is -2.15. The highest BCUT2D eigenvalue weighted by Gasteiger charge is 2.16. The highest BCUT2D eigenvalue weighted by atomic mass is 35.5. The van der Waals surface area contributed by atoms with Gasteiger partial charge in [0.05, 0.1) is 28.5 Å². The number of benzene rings is 1. The van der Waals surface area contributed by atoms with Gasteiger partial charge in [-0.3, -0.25) is 10.1 Å². The maximum atomic E-state index is 12.5. The summed E-state index contributed by atoms with van der Waals surface area (Å²) in [4.78, 5) is 25.3. The number of ether oxygens (including phenoxy) is 1. The topological polar surface area (TPSA) is 77.0 Å². The van der Waals surface area contributed by atoms with E-state index in [0.717, 1.165) is 28.1 Å². The van der Waals surface area contributed by atoms with Gasteiger partial charge in [0.25, 0.3) is 5.91 Å². The monoisotopic (exact) mass is 394 g/mol. The van der Waals surface area contributed by atoms with Gasteiger partial charge >= 0.3 is 0 Å². The van der Waals surface area contributed by atoms with Gasteiger partial charge in [-0.2, -0.15) is 0 Å². The molecule has 2 aromatic heterocycles. The van der Waals surface area contributed by atoms with E-state index < -0.39 is 5.91 Å². The van der Waals surface area contributed by atoms with Crippen molar-refractivity contribution in [1.82, 2.24) is 15.0 Å². The van der Waals surface area contributed by atoms with E-state index in [9.17, 15) is 4.79 Å². The molecule has 25 heavy (non-hydrogen) atoms. The molecule has 130 valence electrons. The number of carbonyl (C=O) groups excluding carboxylic acids is 1. The smallest absolute Gasteiger partial charge is 0.277 e. The predicted molar refractivity (Wildman–Crippen MR) is 102 cm³/mol. The lowest BCUT2D eigenvalue weighted by Gasteiger charge is -2.05. The number of halogens is 1. The summed E-state index contributed by atoms with van der Waals surface area (Å²) in [6, 6.07) is 5.55. The molecule has 1 aromatic carbocycles. The van der Waals surface area contributed by atoms with Crippen LogP contribution in [-0.4, -0.2) is 33.7 Å². The van der Waals surface area contributed by atoms with E-state index in [1.54, 1.807) is 7.11 Å². The van der Waals surface area contributed by atoms with Gasteiger partial charge in [-0.05, 0) is 24.6 Å². The largest absolute Gasteiger partial charge is 0.497 e. The minimum absolute atomic E-state index is 0.145. The van der Waals surface area contributed by atoms with Crippen LogP contribution in [0.1, 0.15) is 23.8 Å². The first-order chi connectivity index (χ1) is 12.1. The van der Waals surface area contributed by atoms with E-state index in [4.69, 9.17) is 16.3 Å². The Morgan fingerprint density at radius 2 is 2.24 bits per heavy atom. The molecule has 0 saturated heterocycles. The third-order valence-electron chi connectivity index (χ3n) is 3.19. The van der Waals surface area contributed by atoms with Crippen LogP contribution in [0, 0.1) is 0 Å². The summed E-state index contributed by atoms with van der Waals surface area (Å²) in [6.45, 7) is 2.07. The van der Waals surface area contributed by atoms with Gasteiger partial charge in [0.1, 0.15) is 5.75 Å². The number of methoxy groups -OCH3 is 1. The van der Waals surface area contributed by atoms with E-state index in [1.807, 2.05) is 18.2 Å². The fourth-order valence-corrected chi connectivity index (χ4v) is 3.75. The van der Waals surface area contributed by atoms with Crippen LogP contribution in [0.4, 0.5) is 5.13 Å². The summed E-state index contributed by atoms with van der Waals surface area (Å²) in [5.74, 6) is 1.21. The molecule has 1 amide bonds. The van der Waals surface area contributed by atoms with Crippen LogP contribution in [0.15, 0.2) is 29.6 Å². The molecule has 0 bridgehead atoms. The summed E-state index contributed by atoms with van der Waals surface area (Å²) in [5, 5.41) is 3.97. The third-order valence-corrected chi connectivity index (χ3v) is 5.47. The minimum Gasteiger partial charge on any atom is -0.497 e. The highest BCUT2D eigenvalue weighted by molar-refractivity contribution is 7.99. The molecule has 0 aliphatic heterocycles. The van der Waals surface area contributed by atoms with Crippen LogP contribution in [0.3, 0.4) is 0 Å². The Morgan fingerprint density at radius 1 is 1.40 bits per heavy atom. The van der Waals surface area contributed by atoms with E-state index in [1.165, 1.54) is 29.3 Å². The van der Waals surface area contributed by atoms with E-state index in [-0.39, 0.29) is 10.7 Å². The Balaban J connectivity index is 1.82. The second-order valence-corrected chi connectivity index (χ2v) is 7.50. The van der Waals surface area contributed by atoms with Crippen LogP contribution in [0.2, 0.25) is 5.02 Å². The summed E-state index contributed by atoms with van der Waals surface area (Å²) in [7, 11) is 1.61. The SMILES string of the molecule is CCCSc1ncc(Cl)c(C(=O)Nc2nc3ccc(OC)cc3s2)n1. The number of nitrogens with zero attached hydrogens (tertiary/aromatic N) is 3. The van der Waals surface area contributed by atoms with Crippen molar-refractivity contribution in [3.8, 4) is 5.75 Å². The standard InChI is InChI=1S/C16H15ClN4O2S2/c1-3-6-24-15-18-8-10(17)13(20-15)14(22)21-16-19-11-5-4-9(23-2)7-12(11)25-16/h4-5,7-8H,3,6H2,1-2H3,(H,19,21,22). The summed E-state index contributed by atoms with van der Waals surface area (Å²) < 4.78 is 6.12. The van der Waals surface area contributed by atoms with Gasteiger partial charge in [-0.1, -0.05) is 41.6 Å². The van der Waals surface area contributed by atoms with Crippen molar-refractivity contribution in [2.45, 2.75) is 18.5 Å². The molecule has 0 fully saturated rings. The summed E-state index contributed by atoms with van der Waals surface area (Å²) >= 11 is 8.93. The zero-order valence-electron chi connectivity index (χ0n) is 13.6. The van der Waals surface area contributed by atoms with E-state index in [2.05, 4.69) is 27.2 Å². The molecule has 6 nitrogen and oxygen atoms in total. The maximum Gasteiger partial charge on any atom is 0.277 e. The fraction of sp³-hybridized carbons (Fsp3) is 0.250. The Labute approximate surface area is 158 Å². The van der Waals surface area contributed by atoms with Crippen LogP contribution in [0.5, 0.6) is 5.75 Å². The van der Waals surface area contributed by atoms with E-state index >= 15 is 0 Å². The average molecular weight is 395 g/mol. The molecule has 1 N–H and O–H groups in total. The molecular weight excluding hydrogens is 380 g/mol. The molecule has 0 aliphatic carbocycles. The number of thiazole rings is 1. The number of amides is 1. The molecule has 0 unspecified atom stereocenters. The van der Waals surface area contributed by atoms with Crippen molar-refractivity contribution in [2.75, 3.05) is 18.2 Å². The van der Waals surface area contributed by atoms with Gasteiger partial charge in [0.2, 0.25) is 0 Å². The Hall–Kier alpha value is -1.90. The van der Waals surface area contributed by atoms with Crippen molar-refractivity contribution in [3.63, 3.8) is 0 Å². The number of nitrogens with one attached hydrogen (secondary N) is 1. The molecule has 0 saturated carbocycles. The first kappa shape index (κ1) is 17.9. The van der Waals surface area contributed by atoms with Gasteiger partial charge in [-0.15, -0.1) is 0 Å². The average Bonchev–Trinajstić information content (AvgIpc) is 3.01. The molecule has 3 rings (SSSR count). The third kappa shape index (κ3) is 4.20. The number of rotatable bonds is 6. The molecule has 3 aromatic rings. The van der Waals surface area contributed by atoms with Gasteiger partial charge in [-0.25, -0.2) is 15.0 Å². The summed E-state index contributed by atoms with van der Waals surface area (Å²) in [5.41, 5.74) is 0.932. The van der Waals surface area contributed by atoms with Crippen LogP contribution in [-0.2, 0) is 0 Å². The first-order valence-electron chi connectivity index (χ1n) is 7.52. The fourth-order valence-electron chi connectivity index (χ4n) is 2.01. The zero-order chi connectivity index (χ0) is 17.8. The number of fused-ring (bicyclic) bond motifs is 1. The molecule has 9 heteroatoms. The molecular formula is C16H15ClN4O2S2. The lowest BCUT2D eigenvalue weighted by molar-refractivity contribution is 0.102. The Kier molecular flexibility index (Phi) is 5.72. The number of hydrogen-bond donors (Lipinski definition) is 1. The quantitative estimate of drug-likeness (QED) is 0.489. The van der Waals surface area contributed by atoms with Gasteiger partial charge in [0.15, 0.2) is 16.0 Å². The van der Waals surface area contributed by atoms with Crippen molar-refractivity contribution < 1.29 is 9.53 Å². The number of carbonyl (C=O) groups is 1. The zero-order valence-corrected chi connectivity index (χ0v) is 16.0.